The zero-order valence-electron chi connectivity index (χ0n) is 16.5. The molecule has 154 valence electrons. The van der Waals surface area contributed by atoms with E-state index in [2.05, 4.69) is 30.3 Å². The van der Waals surface area contributed by atoms with E-state index in [0.29, 0.717) is 28.6 Å². The fourth-order valence-electron chi connectivity index (χ4n) is 3.12. The summed E-state index contributed by atoms with van der Waals surface area (Å²) in [6.07, 6.45) is 1.59. The zero-order valence-corrected chi connectivity index (χ0v) is 17.3. The molecular formula is C21H21FN6OS. The third-order valence-corrected chi connectivity index (χ3v) is 5.55. The minimum atomic E-state index is -1.13. The van der Waals surface area contributed by atoms with Crippen LogP contribution in [0.15, 0.2) is 54.7 Å². The van der Waals surface area contributed by atoms with Gasteiger partial charge in [-0.05, 0) is 55.9 Å². The van der Waals surface area contributed by atoms with Crippen molar-refractivity contribution >= 4 is 45.0 Å². The second-order valence-corrected chi connectivity index (χ2v) is 8.14. The van der Waals surface area contributed by atoms with Gasteiger partial charge in [0, 0.05) is 28.5 Å². The van der Waals surface area contributed by atoms with Crippen LogP contribution in [0.4, 0.5) is 27.5 Å². The molecule has 2 aromatic carbocycles. The average Bonchev–Trinajstić information content (AvgIpc) is 3.12. The van der Waals surface area contributed by atoms with Crippen molar-refractivity contribution in [1.82, 2.24) is 19.7 Å². The maximum Gasteiger partial charge on any atom is 0.229 e. The highest BCUT2D eigenvalue weighted by Crippen LogP contribution is 2.27. The van der Waals surface area contributed by atoms with Crippen LogP contribution in [0.5, 0.6) is 0 Å². The Labute approximate surface area is 175 Å². The predicted octanol–water partition coefficient (Wildman–Crippen LogP) is 4.28. The van der Waals surface area contributed by atoms with Crippen LogP contribution in [0, 0.1) is 12.7 Å². The number of nitrogens with one attached hydrogen (secondary N) is 4. The molecule has 4 aromatic rings. The Bertz CT molecular complexity index is 1230. The molecule has 0 aliphatic heterocycles. The Morgan fingerprint density at radius 1 is 1.13 bits per heavy atom. The van der Waals surface area contributed by atoms with Gasteiger partial charge < -0.3 is 15.6 Å². The number of halogens is 1. The summed E-state index contributed by atoms with van der Waals surface area (Å²) in [6, 6.07) is 14.5. The third-order valence-electron chi connectivity index (χ3n) is 4.50. The fraction of sp³-hybridized carbons (Fsp3) is 0.143. The lowest BCUT2D eigenvalue weighted by molar-refractivity contribution is 0.644. The van der Waals surface area contributed by atoms with Crippen molar-refractivity contribution in [2.45, 2.75) is 12.7 Å². The van der Waals surface area contributed by atoms with E-state index in [1.807, 2.05) is 37.3 Å². The number of aromatic amines is 1. The maximum absolute atomic E-state index is 14.8. The number of hydrogen-bond acceptors (Lipinski definition) is 5. The molecule has 0 amide bonds. The number of rotatable bonds is 7. The second-order valence-electron chi connectivity index (χ2n) is 6.75. The molecule has 0 spiro atoms. The molecule has 0 radical (unpaired) electrons. The van der Waals surface area contributed by atoms with E-state index >= 15 is 0 Å². The molecule has 1 atom stereocenters. The van der Waals surface area contributed by atoms with Crippen molar-refractivity contribution in [3.05, 3.63) is 71.8 Å². The Balaban J connectivity index is 1.53. The lowest BCUT2D eigenvalue weighted by Crippen LogP contribution is -2.12. The van der Waals surface area contributed by atoms with Crippen LogP contribution in [0.2, 0.25) is 0 Å². The third kappa shape index (κ3) is 4.47. The molecule has 9 heteroatoms. The Morgan fingerprint density at radius 3 is 2.83 bits per heavy atom. The first kappa shape index (κ1) is 20.0. The maximum atomic E-state index is 14.8. The normalized spacial score (nSPS) is 12.1. The highest BCUT2D eigenvalue weighted by molar-refractivity contribution is 7.82. The molecular weight excluding hydrogens is 403 g/mol. The first-order valence-corrected chi connectivity index (χ1v) is 10.6. The van der Waals surface area contributed by atoms with Gasteiger partial charge in [-0.1, -0.05) is 12.1 Å². The summed E-state index contributed by atoms with van der Waals surface area (Å²) in [6.45, 7) is 1.89. The van der Waals surface area contributed by atoms with Crippen LogP contribution >= 0.6 is 0 Å². The largest absolute Gasteiger partial charge is 0.359 e. The van der Waals surface area contributed by atoms with Gasteiger partial charge in [0.2, 0.25) is 5.95 Å². The number of hydrogen-bond donors (Lipinski definition) is 4. The van der Waals surface area contributed by atoms with Crippen molar-refractivity contribution in [2.24, 2.45) is 0 Å². The van der Waals surface area contributed by atoms with Gasteiger partial charge in [-0.15, -0.1) is 0 Å². The van der Waals surface area contributed by atoms with Gasteiger partial charge in [-0.2, -0.15) is 4.98 Å². The van der Waals surface area contributed by atoms with Gasteiger partial charge in [0.05, 0.1) is 22.4 Å². The van der Waals surface area contributed by atoms with Crippen LogP contribution in [-0.2, 0) is 16.7 Å². The van der Waals surface area contributed by atoms with Gasteiger partial charge in [0.25, 0.3) is 0 Å². The molecule has 7 nitrogen and oxygen atoms in total. The second kappa shape index (κ2) is 8.60. The summed E-state index contributed by atoms with van der Waals surface area (Å²) >= 11 is 0. The number of aryl methyl sites for hydroxylation is 1. The first-order valence-electron chi connectivity index (χ1n) is 9.31. The SMILES string of the molecule is CNS(=O)Cc1cccc(Nc2nccc(Nc3ccc4[nH]c(C)cc4c3F)n2)c1. The van der Waals surface area contributed by atoms with E-state index in [9.17, 15) is 8.60 Å². The van der Waals surface area contributed by atoms with Gasteiger partial charge in [-0.25, -0.2) is 18.3 Å². The number of aromatic nitrogens is 3. The highest BCUT2D eigenvalue weighted by atomic mass is 32.2. The molecule has 30 heavy (non-hydrogen) atoms. The van der Waals surface area contributed by atoms with Crippen LogP contribution in [0.25, 0.3) is 10.9 Å². The average molecular weight is 425 g/mol. The standard InChI is InChI=1S/C21H21FN6OS/c1-13-10-16-17(25-13)6-7-18(20(16)22)27-19-8-9-24-21(28-19)26-15-5-3-4-14(11-15)12-30(29)23-2/h3-11,23,25H,12H2,1-2H3,(H2,24,26,27,28). The van der Waals surface area contributed by atoms with Crippen LogP contribution < -0.4 is 15.4 Å². The molecule has 0 saturated heterocycles. The minimum absolute atomic E-state index is 0.336. The molecule has 0 fully saturated rings. The first-order chi connectivity index (χ1) is 14.5. The summed E-state index contributed by atoms with van der Waals surface area (Å²) < 4.78 is 29.2. The minimum Gasteiger partial charge on any atom is -0.359 e. The number of anilines is 4. The van der Waals surface area contributed by atoms with Gasteiger partial charge >= 0.3 is 0 Å². The molecule has 0 aliphatic carbocycles. The van der Waals surface area contributed by atoms with E-state index < -0.39 is 11.0 Å². The van der Waals surface area contributed by atoms with Crippen molar-refractivity contribution in [1.29, 1.82) is 0 Å². The summed E-state index contributed by atoms with van der Waals surface area (Å²) in [5.74, 6) is 0.890. The van der Waals surface area contributed by atoms with Crippen molar-refractivity contribution in [3.63, 3.8) is 0 Å². The molecule has 0 bridgehead atoms. The lowest BCUT2D eigenvalue weighted by Gasteiger charge is -2.10. The van der Waals surface area contributed by atoms with Crippen LogP contribution in [0.3, 0.4) is 0 Å². The van der Waals surface area contributed by atoms with Crippen LogP contribution in [-0.4, -0.2) is 26.2 Å². The summed E-state index contributed by atoms with van der Waals surface area (Å²) in [5, 5.41) is 6.67. The number of fused-ring (bicyclic) bond motifs is 1. The summed E-state index contributed by atoms with van der Waals surface area (Å²) in [7, 11) is 0.528. The highest BCUT2D eigenvalue weighted by Gasteiger charge is 2.11. The smallest absolute Gasteiger partial charge is 0.229 e. The summed E-state index contributed by atoms with van der Waals surface area (Å²) in [4.78, 5) is 11.8. The van der Waals surface area contributed by atoms with Crippen molar-refractivity contribution < 1.29 is 8.60 Å². The van der Waals surface area contributed by atoms with Gasteiger partial charge in [0.1, 0.15) is 5.82 Å². The Hall–Kier alpha value is -3.30. The molecule has 0 aliphatic rings. The molecule has 1 unspecified atom stereocenters. The molecule has 4 N–H and O–H groups in total. The van der Waals surface area contributed by atoms with Crippen molar-refractivity contribution in [2.75, 3.05) is 17.7 Å². The Morgan fingerprint density at radius 2 is 2.00 bits per heavy atom. The van der Waals surface area contributed by atoms with Crippen LogP contribution in [0.1, 0.15) is 11.3 Å². The fourth-order valence-corrected chi connectivity index (χ4v) is 3.75. The monoisotopic (exact) mass is 424 g/mol. The summed E-state index contributed by atoms with van der Waals surface area (Å²) in [5.41, 5.74) is 3.67. The lowest BCUT2D eigenvalue weighted by atomic mass is 10.2. The predicted molar refractivity (Wildman–Crippen MR) is 119 cm³/mol. The topological polar surface area (TPSA) is 94.7 Å². The molecule has 2 heterocycles. The quantitative estimate of drug-likeness (QED) is 0.355. The van der Waals surface area contributed by atoms with E-state index in [-0.39, 0.29) is 5.82 Å². The van der Waals surface area contributed by atoms with E-state index in [4.69, 9.17) is 0 Å². The molecule has 4 rings (SSSR count). The Kier molecular flexibility index (Phi) is 5.73. The number of nitrogens with zero attached hydrogens (tertiary/aromatic N) is 2. The molecule has 0 saturated carbocycles. The van der Waals surface area contributed by atoms with Gasteiger partial charge in [0.15, 0.2) is 5.82 Å². The van der Waals surface area contributed by atoms with E-state index in [1.54, 1.807) is 31.4 Å². The number of benzene rings is 2. The van der Waals surface area contributed by atoms with E-state index in [1.165, 1.54) is 0 Å². The number of H-pyrrole nitrogens is 1. The van der Waals surface area contributed by atoms with E-state index in [0.717, 1.165) is 22.5 Å². The zero-order chi connectivity index (χ0) is 21.1. The van der Waals surface area contributed by atoms with Gasteiger partial charge in [-0.3, -0.25) is 0 Å². The molecule has 2 aromatic heterocycles. The van der Waals surface area contributed by atoms with Crippen molar-refractivity contribution in [3.8, 4) is 0 Å².